The van der Waals surface area contributed by atoms with Crippen molar-refractivity contribution >= 4 is 11.6 Å². The van der Waals surface area contributed by atoms with Crippen LogP contribution in [0.3, 0.4) is 0 Å². The highest BCUT2D eigenvalue weighted by Gasteiger charge is 2.50. The molecule has 1 aromatic rings. The minimum Gasteiger partial charge on any atom is -0.325 e. The van der Waals surface area contributed by atoms with Gasteiger partial charge in [-0.1, -0.05) is 6.42 Å². The Hall–Kier alpha value is -1.89. The van der Waals surface area contributed by atoms with Crippen LogP contribution in [-0.4, -0.2) is 10.9 Å². The van der Waals surface area contributed by atoms with Crippen LogP contribution in [0.1, 0.15) is 37.7 Å². The van der Waals surface area contributed by atoms with Crippen LogP contribution >= 0.6 is 0 Å². The number of nitriles is 1. The quantitative estimate of drug-likeness (QED) is 0.865. The molecule has 1 spiro atoms. The number of anilines is 1. The fraction of sp³-hybridized carbons (Fsp3) is 0.500. The van der Waals surface area contributed by atoms with Gasteiger partial charge in [0.1, 0.15) is 6.07 Å². The summed E-state index contributed by atoms with van der Waals surface area (Å²) in [6, 6.07) is 3.71. The van der Waals surface area contributed by atoms with E-state index in [1.807, 2.05) is 6.07 Å². The molecule has 18 heavy (non-hydrogen) atoms. The van der Waals surface area contributed by atoms with Gasteiger partial charge in [-0.2, -0.15) is 5.26 Å². The lowest BCUT2D eigenvalue weighted by Crippen LogP contribution is -2.47. The van der Waals surface area contributed by atoms with Crippen LogP contribution < -0.4 is 5.32 Å². The number of carbonyl (C=O) groups excluding carboxylic acids is 1. The zero-order valence-corrected chi connectivity index (χ0v) is 10.1. The summed E-state index contributed by atoms with van der Waals surface area (Å²) in [6.45, 7) is 0. The van der Waals surface area contributed by atoms with Crippen molar-refractivity contribution in [3.8, 4) is 6.07 Å². The molecule has 0 aromatic carbocycles. The Labute approximate surface area is 106 Å². The zero-order chi connectivity index (χ0) is 12.6. The number of aromatic nitrogens is 1. The third kappa shape index (κ3) is 1.76. The molecular formula is C14H15N3O. The van der Waals surface area contributed by atoms with Gasteiger partial charge >= 0.3 is 0 Å². The van der Waals surface area contributed by atoms with Crippen LogP contribution in [-0.2, 0) is 4.79 Å². The summed E-state index contributed by atoms with van der Waals surface area (Å²) in [4.78, 5) is 15.9. The molecule has 2 fully saturated rings. The Kier molecular flexibility index (Phi) is 2.55. The Morgan fingerprint density at radius 3 is 2.89 bits per heavy atom. The second-order valence-electron chi connectivity index (χ2n) is 5.48. The summed E-state index contributed by atoms with van der Waals surface area (Å²) < 4.78 is 0. The van der Waals surface area contributed by atoms with Crippen molar-refractivity contribution in [2.75, 3.05) is 5.32 Å². The van der Waals surface area contributed by atoms with Gasteiger partial charge < -0.3 is 5.32 Å². The number of amides is 1. The van der Waals surface area contributed by atoms with Gasteiger partial charge in [0.15, 0.2) is 0 Å². The molecule has 3 rings (SSSR count). The predicted octanol–water partition coefficient (Wildman–Crippen LogP) is 2.47. The van der Waals surface area contributed by atoms with E-state index in [-0.39, 0.29) is 11.8 Å². The van der Waals surface area contributed by atoms with E-state index >= 15 is 0 Å². The molecule has 0 unspecified atom stereocenters. The number of pyridine rings is 1. The smallest absolute Gasteiger partial charge is 0.227 e. The Morgan fingerprint density at radius 2 is 2.28 bits per heavy atom. The molecule has 0 aliphatic heterocycles. The lowest BCUT2D eigenvalue weighted by molar-refractivity contribution is -0.131. The molecule has 0 bridgehead atoms. The molecule has 0 radical (unpaired) electrons. The molecule has 2 aliphatic carbocycles. The number of rotatable bonds is 2. The van der Waals surface area contributed by atoms with Gasteiger partial charge in [0, 0.05) is 18.3 Å². The van der Waals surface area contributed by atoms with E-state index < -0.39 is 0 Å². The van der Waals surface area contributed by atoms with E-state index in [1.165, 1.54) is 25.5 Å². The Morgan fingerprint density at radius 1 is 1.50 bits per heavy atom. The van der Waals surface area contributed by atoms with Gasteiger partial charge in [0.05, 0.1) is 11.3 Å². The summed E-state index contributed by atoms with van der Waals surface area (Å²) >= 11 is 0. The van der Waals surface area contributed by atoms with Crippen LogP contribution in [0.25, 0.3) is 0 Å². The summed E-state index contributed by atoms with van der Waals surface area (Å²) in [6.07, 6.45) is 8.99. The average Bonchev–Trinajstić information content (AvgIpc) is 2.26. The van der Waals surface area contributed by atoms with Gasteiger partial charge in [-0.15, -0.1) is 0 Å². The Balaban J connectivity index is 1.63. The van der Waals surface area contributed by atoms with Crippen molar-refractivity contribution in [3.63, 3.8) is 0 Å². The number of nitrogens with zero attached hydrogens (tertiary/aromatic N) is 2. The summed E-state index contributed by atoms with van der Waals surface area (Å²) in [5, 5.41) is 11.8. The molecule has 1 amide bonds. The molecule has 4 nitrogen and oxygen atoms in total. The highest BCUT2D eigenvalue weighted by molar-refractivity contribution is 5.94. The molecular weight excluding hydrogens is 226 g/mol. The highest BCUT2D eigenvalue weighted by atomic mass is 16.1. The van der Waals surface area contributed by atoms with Gasteiger partial charge in [-0.25, -0.2) is 0 Å². The highest BCUT2D eigenvalue weighted by Crippen LogP contribution is 2.58. The lowest BCUT2D eigenvalue weighted by Gasteiger charge is -2.53. The van der Waals surface area contributed by atoms with Crippen LogP contribution in [0.2, 0.25) is 0 Å². The second kappa shape index (κ2) is 4.09. The molecule has 2 aliphatic rings. The second-order valence-corrected chi connectivity index (χ2v) is 5.48. The van der Waals surface area contributed by atoms with Crippen LogP contribution in [0, 0.1) is 22.7 Å². The van der Waals surface area contributed by atoms with Crippen molar-refractivity contribution in [1.29, 1.82) is 5.26 Å². The minimum atomic E-state index is 0.0511. The third-order valence-corrected chi connectivity index (χ3v) is 4.34. The topological polar surface area (TPSA) is 65.8 Å². The normalized spacial score (nSPS) is 20.6. The maximum atomic E-state index is 12.0. The summed E-state index contributed by atoms with van der Waals surface area (Å²) in [5.41, 5.74) is 1.49. The number of carbonyl (C=O) groups is 1. The fourth-order valence-electron chi connectivity index (χ4n) is 3.08. The third-order valence-electron chi connectivity index (χ3n) is 4.34. The van der Waals surface area contributed by atoms with Crippen molar-refractivity contribution in [2.24, 2.45) is 11.3 Å². The van der Waals surface area contributed by atoms with E-state index in [0.717, 1.165) is 12.8 Å². The first-order valence-corrected chi connectivity index (χ1v) is 6.37. The molecule has 0 atom stereocenters. The predicted molar refractivity (Wildman–Crippen MR) is 66.6 cm³/mol. The van der Waals surface area contributed by atoms with Gasteiger partial charge in [0.25, 0.3) is 0 Å². The van der Waals surface area contributed by atoms with Gasteiger partial charge in [-0.05, 0) is 37.2 Å². The largest absolute Gasteiger partial charge is 0.325 e. The number of hydrogen-bond donors (Lipinski definition) is 1. The summed E-state index contributed by atoms with van der Waals surface area (Å²) in [7, 11) is 0. The lowest BCUT2D eigenvalue weighted by atomic mass is 9.51. The summed E-state index contributed by atoms with van der Waals surface area (Å²) in [5.74, 6) is 0.181. The molecule has 2 saturated carbocycles. The Bertz CT molecular complexity index is 520. The maximum Gasteiger partial charge on any atom is 0.227 e. The first-order chi connectivity index (χ1) is 8.72. The van der Waals surface area contributed by atoms with E-state index in [0.29, 0.717) is 16.7 Å². The van der Waals surface area contributed by atoms with Crippen LogP contribution in [0.5, 0.6) is 0 Å². The number of nitrogens with one attached hydrogen (secondary N) is 1. The molecule has 1 N–H and O–H groups in total. The van der Waals surface area contributed by atoms with Crippen molar-refractivity contribution in [3.05, 3.63) is 24.0 Å². The van der Waals surface area contributed by atoms with E-state index in [1.54, 1.807) is 12.3 Å². The number of hydrogen-bond acceptors (Lipinski definition) is 3. The SMILES string of the molecule is N#Cc1cnccc1NC(=O)C1CC2(CCC2)C1. The first kappa shape index (κ1) is 11.2. The molecule has 0 saturated heterocycles. The maximum absolute atomic E-state index is 12.0. The monoisotopic (exact) mass is 241 g/mol. The van der Waals surface area contributed by atoms with E-state index in [4.69, 9.17) is 5.26 Å². The molecule has 1 heterocycles. The van der Waals surface area contributed by atoms with Crippen molar-refractivity contribution in [1.82, 2.24) is 4.98 Å². The van der Waals surface area contributed by atoms with E-state index in [9.17, 15) is 4.79 Å². The molecule has 1 aromatic heterocycles. The zero-order valence-electron chi connectivity index (χ0n) is 10.1. The average molecular weight is 241 g/mol. The van der Waals surface area contributed by atoms with Crippen LogP contribution in [0.15, 0.2) is 18.5 Å². The standard InChI is InChI=1S/C14H15N3O/c15-8-11-9-16-5-2-12(11)17-13(18)10-6-14(7-10)3-1-4-14/h2,5,9-10H,1,3-4,6-7H2,(H,16,17,18). The van der Waals surface area contributed by atoms with Crippen molar-refractivity contribution < 1.29 is 4.79 Å². The minimum absolute atomic E-state index is 0.0511. The fourth-order valence-corrected chi connectivity index (χ4v) is 3.08. The van der Waals surface area contributed by atoms with Gasteiger partial charge in [-0.3, -0.25) is 9.78 Å². The first-order valence-electron chi connectivity index (χ1n) is 6.37. The molecule has 4 heteroatoms. The molecule has 92 valence electrons. The van der Waals surface area contributed by atoms with Gasteiger partial charge in [0.2, 0.25) is 5.91 Å². The van der Waals surface area contributed by atoms with E-state index in [2.05, 4.69) is 10.3 Å². The van der Waals surface area contributed by atoms with Crippen molar-refractivity contribution in [2.45, 2.75) is 32.1 Å². The van der Waals surface area contributed by atoms with Crippen LogP contribution in [0.4, 0.5) is 5.69 Å².